The van der Waals surface area contributed by atoms with E-state index >= 15 is 0 Å². The highest BCUT2D eigenvalue weighted by atomic mass is 31.2. The second kappa shape index (κ2) is 13.0. The summed E-state index contributed by atoms with van der Waals surface area (Å²) < 4.78 is 23.6. The minimum Gasteiger partial charge on any atom is -0.508 e. The number of hydrogen-bond acceptors (Lipinski definition) is 8. The van der Waals surface area contributed by atoms with Gasteiger partial charge < -0.3 is 30.0 Å². The van der Waals surface area contributed by atoms with Crippen LogP contribution >= 0.6 is 7.82 Å². The third kappa shape index (κ3) is 7.54. The zero-order valence-electron chi connectivity index (χ0n) is 22.5. The van der Waals surface area contributed by atoms with Crippen LogP contribution in [0.4, 0.5) is 5.82 Å². The number of nitrogen functional groups attached to an aromatic ring is 1. The number of phenolic OH excluding ortho intramolecular Hbond substituents is 1. The van der Waals surface area contributed by atoms with E-state index in [1.807, 2.05) is 28.7 Å². The molecule has 0 fully saturated rings. The van der Waals surface area contributed by atoms with E-state index in [1.165, 1.54) is 18.2 Å². The molecule has 4 rings (SSSR count). The third-order valence-electron chi connectivity index (χ3n) is 6.40. The summed E-state index contributed by atoms with van der Waals surface area (Å²) in [5, 5.41) is 13.9. The van der Waals surface area contributed by atoms with Crippen molar-refractivity contribution in [2.24, 2.45) is 0 Å². The Labute approximate surface area is 236 Å². The molecule has 0 aliphatic heterocycles. The van der Waals surface area contributed by atoms with Crippen LogP contribution in [0.15, 0.2) is 36.4 Å². The Hall–Kier alpha value is -4.14. The predicted octanol–water partition coefficient (Wildman–Crippen LogP) is 3.04. The summed E-state index contributed by atoms with van der Waals surface area (Å²) >= 11 is 0. The molecule has 216 valence electrons. The fourth-order valence-electron chi connectivity index (χ4n) is 4.49. The fourth-order valence-corrected chi connectivity index (χ4v) is 4.88. The molecule has 0 radical (unpaired) electrons. The molecular weight excluding hydrogens is 549 g/mol. The summed E-state index contributed by atoms with van der Waals surface area (Å²) in [6, 6.07) is 9.87. The molecule has 1 amide bonds. The SMILES string of the molecule is C#CC(=O)NCCOCCc1ccc2c(c1)nc(N)c1nc(CCCC)n(Cc3cc(OP(=O)(O)O)ccc3O)c12. The number of pyridine rings is 1. The Balaban J connectivity index is 1.67. The highest BCUT2D eigenvalue weighted by Gasteiger charge is 2.21. The number of carbonyl (C=O) groups is 1. The molecule has 12 nitrogen and oxygen atoms in total. The lowest BCUT2D eigenvalue weighted by Crippen LogP contribution is -2.25. The summed E-state index contributed by atoms with van der Waals surface area (Å²) in [7, 11) is -4.78. The number of ether oxygens (including phenoxy) is 1. The molecule has 4 aromatic rings. The first-order valence-corrected chi connectivity index (χ1v) is 14.6. The number of aromatic hydroxyl groups is 1. The Kier molecular flexibility index (Phi) is 9.47. The Morgan fingerprint density at radius 2 is 1.98 bits per heavy atom. The number of aryl methyl sites for hydroxylation is 1. The number of carbonyl (C=O) groups excluding carboxylic acids is 1. The van der Waals surface area contributed by atoms with E-state index in [0.717, 1.165) is 35.1 Å². The molecule has 0 bridgehead atoms. The van der Waals surface area contributed by atoms with Crippen LogP contribution in [0.2, 0.25) is 0 Å². The average Bonchev–Trinajstić information content (AvgIpc) is 3.29. The quantitative estimate of drug-likeness (QED) is 0.0894. The van der Waals surface area contributed by atoms with E-state index in [4.69, 9.17) is 26.4 Å². The maximum absolute atomic E-state index is 11.4. The monoisotopic (exact) mass is 581 g/mol. The number of fused-ring (bicyclic) bond motifs is 3. The van der Waals surface area contributed by atoms with Crippen LogP contribution in [-0.4, -0.2) is 55.1 Å². The zero-order valence-corrected chi connectivity index (χ0v) is 23.4. The minimum absolute atomic E-state index is 0.0566. The molecule has 0 aliphatic rings. The average molecular weight is 582 g/mol. The van der Waals surface area contributed by atoms with Crippen molar-refractivity contribution in [3.05, 3.63) is 53.3 Å². The number of terminal acetylenes is 1. The number of phosphoric ester groups is 1. The van der Waals surface area contributed by atoms with Crippen molar-refractivity contribution in [2.45, 2.75) is 39.2 Å². The van der Waals surface area contributed by atoms with Crippen LogP contribution in [0.3, 0.4) is 0 Å². The van der Waals surface area contributed by atoms with E-state index in [0.29, 0.717) is 49.2 Å². The van der Waals surface area contributed by atoms with Gasteiger partial charge in [-0.05, 0) is 48.6 Å². The van der Waals surface area contributed by atoms with Crippen molar-refractivity contribution in [1.29, 1.82) is 0 Å². The van der Waals surface area contributed by atoms with Gasteiger partial charge in [0, 0.05) is 23.9 Å². The molecule has 2 heterocycles. The highest BCUT2D eigenvalue weighted by Crippen LogP contribution is 2.39. The van der Waals surface area contributed by atoms with Gasteiger partial charge in [0.1, 0.15) is 22.8 Å². The number of aromatic nitrogens is 3. The van der Waals surface area contributed by atoms with Crippen molar-refractivity contribution in [2.75, 3.05) is 25.5 Å². The Bertz CT molecular complexity index is 1660. The standard InChI is InChI=1S/C28H32N5O7P/c1-3-5-6-24-32-26-27(33(24)17-19-16-20(8-10-23(19)34)40-41(36,37)38)21-9-7-18(15-22(21)31-28(26)29)11-13-39-14-12-30-25(35)4-2/h2,7-10,15-16,34H,3,5-6,11-14,17H2,1H3,(H2,29,31)(H,30,35)(H2,36,37,38). The van der Waals surface area contributed by atoms with Crippen LogP contribution in [-0.2, 0) is 33.5 Å². The number of phenols is 1. The van der Waals surface area contributed by atoms with Gasteiger partial charge in [-0.2, -0.15) is 0 Å². The summed E-state index contributed by atoms with van der Waals surface area (Å²) in [6.07, 6.45) is 8.10. The Morgan fingerprint density at radius 1 is 1.17 bits per heavy atom. The first kappa shape index (κ1) is 29.8. The second-order valence-corrected chi connectivity index (χ2v) is 10.6. The van der Waals surface area contributed by atoms with Crippen LogP contribution in [0.1, 0.15) is 36.7 Å². The lowest BCUT2D eigenvalue weighted by atomic mass is 10.1. The summed E-state index contributed by atoms with van der Waals surface area (Å²) in [6.45, 7) is 3.32. The highest BCUT2D eigenvalue weighted by molar-refractivity contribution is 7.46. The van der Waals surface area contributed by atoms with Gasteiger partial charge in [-0.25, -0.2) is 14.5 Å². The van der Waals surface area contributed by atoms with Gasteiger partial charge in [0.05, 0.1) is 30.8 Å². The number of nitrogens with one attached hydrogen (secondary N) is 1. The number of rotatable bonds is 13. The minimum atomic E-state index is -4.78. The molecular formula is C28H32N5O7P. The van der Waals surface area contributed by atoms with Crippen molar-refractivity contribution in [3.63, 3.8) is 0 Å². The molecule has 0 aliphatic carbocycles. The number of nitrogens with zero attached hydrogens (tertiary/aromatic N) is 3. The third-order valence-corrected chi connectivity index (χ3v) is 6.85. The molecule has 0 spiro atoms. The summed E-state index contributed by atoms with van der Waals surface area (Å²) in [4.78, 5) is 39.0. The van der Waals surface area contributed by atoms with E-state index in [9.17, 15) is 24.3 Å². The number of imidazole rings is 1. The first-order valence-electron chi connectivity index (χ1n) is 13.1. The van der Waals surface area contributed by atoms with Crippen molar-refractivity contribution in [1.82, 2.24) is 19.9 Å². The van der Waals surface area contributed by atoms with E-state index in [1.54, 1.807) is 0 Å². The van der Waals surface area contributed by atoms with Crippen molar-refractivity contribution < 1.29 is 33.5 Å². The van der Waals surface area contributed by atoms with Gasteiger partial charge in [-0.15, -0.1) is 6.42 Å². The predicted molar refractivity (Wildman–Crippen MR) is 154 cm³/mol. The lowest BCUT2D eigenvalue weighted by Gasteiger charge is -2.14. The van der Waals surface area contributed by atoms with Gasteiger partial charge in [0.2, 0.25) is 0 Å². The maximum atomic E-state index is 11.4. The van der Waals surface area contributed by atoms with Gasteiger partial charge in [-0.1, -0.05) is 25.5 Å². The largest absolute Gasteiger partial charge is 0.524 e. The normalized spacial score (nSPS) is 11.6. The van der Waals surface area contributed by atoms with Crippen LogP contribution in [0.5, 0.6) is 11.5 Å². The smallest absolute Gasteiger partial charge is 0.508 e. The van der Waals surface area contributed by atoms with Crippen LogP contribution in [0.25, 0.3) is 21.9 Å². The van der Waals surface area contributed by atoms with Gasteiger partial charge in [0.25, 0.3) is 5.91 Å². The number of nitrogens with two attached hydrogens (primary N) is 1. The Morgan fingerprint density at radius 3 is 2.71 bits per heavy atom. The second-order valence-electron chi connectivity index (χ2n) is 9.40. The molecule has 2 aromatic heterocycles. The number of benzene rings is 2. The van der Waals surface area contributed by atoms with E-state index in [2.05, 4.69) is 17.2 Å². The molecule has 13 heteroatoms. The summed E-state index contributed by atoms with van der Waals surface area (Å²) in [5.41, 5.74) is 9.69. The summed E-state index contributed by atoms with van der Waals surface area (Å²) in [5.74, 6) is 2.40. The fraction of sp³-hybridized carbons (Fsp3) is 0.321. The van der Waals surface area contributed by atoms with Crippen molar-refractivity contribution >= 4 is 41.5 Å². The van der Waals surface area contributed by atoms with Gasteiger partial charge in [0.15, 0.2) is 5.82 Å². The van der Waals surface area contributed by atoms with Crippen LogP contribution < -0.4 is 15.6 Å². The lowest BCUT2D eigenvalue weighted by molar-refractivity contribution is -0.115. The van der Waals surface area contributed by atoms with E-state index in [-0.39, 0.29) is 23.9 Å². The maximum Gasteiger partial charge on any atom is 0.524 e. The molecule has 6 N–H and O–H groups in total. The molecule has 0 saturated heterocycles. The van der Waals surface area contributed by atoms with Gasteiger partial charge in [-0.3, -0.25) is 14.6 Å². The molecule has 0 atom stereocenters. The number of unbranched alkanes of at least 4 members (excludes halogenated alkanes) is 1. The number of hydrogen-bond donors (Lipinski definition) is 5. The number of anilines is 1. The number of amides is 1. The molecule has 41 heavy (non-hydrogen) atoms. The molecule has 2 aromatic carbocycles. The van der Waals surface area contributed by atoms with E-state index < -0.39 is 13.7 Å². The first-order chi connectivity index (χ1) is 19.6. The van der Waals surface area contributed by atoms with Crippen LogP contribution in [0, 0.1) is 12.3 Å². The van der Waals surface area contributed by atoms with Gasteiger partial charge >= 0.3 is 7.82 Å². The topological polar surface area (TPSA) is 182 Å². The molecule has 0 saturated carbocycles. The number of phosphoric acid groups is 1. The molecule has 0 unspecified atom stereocenters. The van der Waals surface area contributed by atoms with Crippen molar-refractivity contribution in [3.8, 4) is 23.8 Å². The zero-order chi connectivity index (χ0) is 29.6.